The molecular weight excluding hydrogens is 304 g/mol. The van der Waals surface area contributed by atoms with Crippen LogP contribution >= 0.6 is 0 Å². The van der Waals surface area contributed by atoms with Crippen LogP contribution < -0.4 is 9.46 Å². The van der Waals surface area contributed by atoms with Gasteiger partial charge < -0.3 is 9.64 Å². The maximum Gasteiger partial charge on any atom is 0.426 e. The smallest absolute Gasteiger partial charge is 0.410 e. The van der Waals surface area contributed by atoms with Crippen LogP contribution in [0.3, 0.4) is 0 Å². The number of hydrogen-bond donors (Lipinski definition) is 1. The van der Waals surface area contributed by atoms with Crippen LogP contribution in [0.25, 0.3) is 0 Å². The van der Waals surface area contributed by atoms with E-state index < -0.39 is 20.9 Å². The molecular formula is C15H20N2O4S. The van der Waals surface area contributed by atoms with E-state index in [0.29, 0.717) is 18.6 Å². The third kappa shape index (κ3) is 2.96. The molecule has 3 rings (SSSR count). The highest BCUT2D eigenvalue weighted by atomic mass is 32.2. The summed E-state index contributed by atoms with van der Waals surface area (Å²) in [5.74, 6) is 0.372. The summed E-state index contributed by atoms with van der Waals surface area (Å²) in [6.07, 6.45) is 1.09. The van der Waals surface area contributed by atoms with Crippen molar-refractivity contribution >= 4 is 16.1 Å². The highest BCUT2D eigenvalue weighted by Gasteiger charge is 2.51. The Morgan fingerprint density at radius 1 is 1.32 bits per heavy atom. The number of hydrogen-bond acceptors (Lipinski definition) is 5. The van der Waals surface area contributed by atoms with Gasteiger partial charge in [-0.2, -0.15) is 0 Å². The Morgan fingerprint density at radius 3 is 2.73 bits per heavy atom. The topological polar surface area (TPSA) is 75.7 Å². The molecule has 1 aromatic rings. The quantitative estimate of drug-likeness (QED) is 0.915. The van der Waals surface area contributed by atoms with E-state index in [2.05, 4.69) is 11.9 Å². The summed E-state index contributed by atoms with van der Waals surface area (Å²) in [6, 6.07) is 5.43. The number of carbonyl (C=O) groups excluding carboxylic acids is 1. The predicted molar refractivity (Wildman–Crippen MR) is 82.2 cm³/mol. The largest absolute Gasteiger partial charge is 0.426 e. The maximum absolute atomic E-state index is 12.0. The third-order valence-electron chi connectivity index (χ3n) is 4.41. The normalized spacial score (nSPS) is 20.1. The van der Waals surface area contributed by atoms with E-state index in [1.165, 1.54) is 5.56 Å². The van der Waals surface area contributed by atoms with Crippen LogP contribution in [0.4, 0.5) is 4.79 Å². The summed E-state index contributed by atoms with van der Waals surface area (Å²) in [5.41, 5.74) is 2.35. The van der Waals surface area contributed by atoms with E-state index >= 15 is 0 Å². The molecule has 0 aromatic heterocycles. The molecule has 0 radical (unpaired) electrons. The molecule has 0 bridgehead atoms. The van der Waals surface area contributed by atoms with Gasteiger partial charge in [0.2, 0.25) is 10.0 Å². The lowest BCUT2D eigenvalue weighted by atomic mass is 10.00. The van der Waals surface area contributed by atoms with Gasteiger partial charge in [-0.15, -0.1) is 0 Å². The van der Waals surface area contributed by atoms with Crippen molar-refractivity contribution in [1.82, 2.24) is 9.62 Å². The first-order chi connectivity index (χ1) is 10.3. The molecule has 0 unspecified atom stereocenters. The van der Waals surface area contributed by atoms with Gasteiger partial charge >= 0.3 is 6.09 Å². The summed E-state index contributed by atoms with van der Waals surface area (Å²) < 4.78 is 30.2. The van der Waals surface area contributed by atoms with Crippen molar-refractivity contribution in [2.75, 3.05) is 13.6 Å². The van der Waals surface area contributed by atoms with Crippen molar-refractivity contribution in [1.29, 1.82) is 0 Å². The second-order valence-electron chi connectivity index (χ2n) is 6.36. The molecule has 1 aliphatic heterocycles. The molecule has 1 aliphatic carbocycles. The fourth-order valence-electron chi connectivity index (χ4n) is 2.54. The second kappa shape index (κ2) is 5.24. The molecule has 7 heteroatoms. The Kier molecular flexibility index (Phi) is 3.65. The van der Waals surface area contributed by atoms with Crippen LogP contribution in [-0.4, -0.2) is 37.8 Å². The zero-order valence-corrected chi connectivity index (χ0v) is 13.6. The SMILES string of the molecule is CN1CCc2cc(OC(=O)NS(=O)(=O)C3(C)CC3)ccc2C1. The average Bonchev–Trinajstić information content (AvgIpc) is 3.18. The van der Waals surface area contributed by atoms with E-state index in [9.17, 15) is 13.2 Å². The molecule has 0 spiro atoms. The van der Waals surface area contributed by atoms with Crippen LogP contribution in [0.15, 0.2) is 18.2 Å². The lowest BCUT2D eigenvalue weighted by Gasteiger charge is -2.25. The maximum atomic E-state index is 12.0. The predicted octanol–water partition coefficient (Wildman–Crippen LogP) is 1.65. The number of rotatable bonds is 3. The lowest BCUT2D eigenvalue weighted by molar-refractivity contribution is 0.206. The monoisotopic (exact) mass is 324 g/mol. The van der Waals surface area contributed by atoms with E-state index in [-0.39, 0.29) is 0 Å². The first-order valence-electron chi connectivity index (χ1n) is 7.34. The average molecular weight is 324 g/mol. The Bertz CT molecular complexity index is 710. The zero-order valence-electron chi connectivity index (χ0n) is 12.8. The van der Waals surface area contributed by atoms with Gasteiger partial charge in [-0.05, 0) is 56.5 Å². The molecule has 1 saturated carbocycles. The molecule has 0 saturated heterocycles. The molecule has 120 valence electrons. The molecule has 1 fully saturated rings. The van der Waals surface area contributed by atoms with Gasteiger partial charge in [0, 0.05) is 13.1 Å². The minimum atomic E-state index is -3.66. The van der Waals surface area contributed by atoms with E-state index in [1.807, 2.05) is 16.9 Å². The molecule has 22 heavy (non-hydrogen) atoms. The van der Waals surface area contributed by atoms with Crippen molar-refractivity contribution in [3.8, 4) is 5.75 Å². The van der Waals surface area contributed by atoms with Crippen LogP contribution in [0.2, 0.25) is 0 Å². The molecule has 0 atom stereocenters. The number of fused-ring (bicyclic) bond motifs is 1. The van der Waals surface area contributed by atoms with Gasteiger partial charge in [0.1, 0.15) is 5.75 Å². The molecule has 1 aromatic carbocycles. The number of benzene rings is 1. The zero-order chi connectivity index (χ0) is 16.0. The number of likely N-dealkylation sites (N-methyl/N-ethyl adjacent to an activating group) is 1. The van der Waals surface area contributed by atoms with Crippen molar-refractivity contribution in [3.05, 3.63) is 29.3 Å². The lowest BCUT2D eigenvalue weighted by Crippen LogP contribution is -2.39. The Hall–Kier alpha value is -1.60. The number of ether oxygens (including phenoxy) is 1. The number of amides is 1. The van der Waals surface area contributed by atoms with Crippen molar-refractivity contribution in [3.63, 3.8) is 0 Å². The van der Waals surface area contributed by atoms with Gasteiger partial charge in [-0.1, -0.05) is 6.07 Å². The van der Waals surface area contributed by atoms with Crippen LogP contribution in [0.1, 0.15) is 30.9 Å². The minimum absolute atomic E-state index is 0.372. The van der Waals surface area contributed by atoms with Gasteiger partial charge in [0.15, 0.2) is 0 Å². The van der Waals surface area contributed by atoms with E-state index in [0.717, 1.165) is 25.1 Å². The number of carbonyl (C=O) groups is 1. The van der Waals surface area contributed by atoms with Gasteiger partial charge in [-0.3, -0.25) is 0 Å². The van der Waals surface area contributed by atoms with Crippen LogP contribution in [0, 0.1) is 0 Å². The van der Waals surface area contributed by atoms with Crippen LogP contribution in [0.5, 0.6) is 5.75 Å². The Morgan fingerprint density at radius 2 is 2.05 bits per heavy atom. The molecule has 2 aliphatic rings. The highest BCUT2D eigenvalue weighted by Crippen LogP contribution is 2.42. The second-order valence-corrected chi connectivity index (χ2v) is 8.56. The summed E-state index contributed by atoms with van der Waals surface area (Å²) in [7, 11) is -1.60. The van der Waals surface area contributed by atoms with Crippen molar-refractivity contribution in [2.45, 2.75) is 37.5 Å². The fourth-order valence-corrected chi connectivity index (χ4v) is 3.69. The van der Waals surface area contributed by atoms with Crippen molar-refractivity contribution < 1.29 is 17.9 Å². The standard InChI is InChI=1S/C15H20N2O4S/c1-15(6-7-15)22(19,20)16-14(18)21-13-4-3-12-10-17(2)8-5-11(12)9-13/h3-4,9H,5-8,10H2,1-2H3,(H,16,18). The molecule has 1 heterocycles. The summed E-state index contributed by atoms with van der Waals surface area (Å²) in [5, 5.41) is 0. The molecule has 6 nitrogen and oxygen atoms in total. The minimum Gasteiger partial charge on any atom is -0.410 e. The summed E-state index contributed by atoms with van der Waals surface area (Å²) in [4.78, 5) is 14.0. The summed E-state index contributed by atoms with van der Waals surface area (Å²) >= 11 is 0. The number of nitrogens with one attached hydrogen (secondary N) is 1. The first kappa shape index (κ1) is 15.3. The van der Waals surface area contributed by atoms with Gasteiger partial charge in [-0.25, -0.2) is 17.9 Å². The van der Waals surface area contributed by atoms with Crippen molar-refractivity contribution in [2.24, 2.45) is 0 Å². The van der Waals surface area contributed by atoms with E-state index in [4.69, 9.17) is 4.74 Å². The van der Waals surface area contributed by atoms with Gasteiger partial charge in [0.05, 0.1) is 4.75 Å². The number of nitrogens with zero attached hydrogens (tertiary/aromatic N) is 1. The molecule has 1 N–H and O–H groups in total. The van der Waals surface area contributed by atoms with Crippen LogP contribution in [-0.2, 0) is 23.0 Å². The van der Waals surface area contributed by atoms with E-state index in [1.54, 1.807) is 13.0 Å². The fraction of sp³-hybridized carbons (Fsp3) is 0.533. The third-order valence-corrected chi connectivity index (χ3v) is 6.55. The first-order valence-corrected chi connectivity index (χ1v) is 8.82. The Labute approximate surface area is 130 Å². The summed E-state index contributed by atoms with van der Waals surface area (Å²) in [6.45, 7) is 3.45. The molecule has 1 amide bonds. The van der Waals surface area contributed by atoms with Gasteiger partial charge in [0.25, 0.3) is 0 Å². The number of sulfonamides is 1. The Balaban J connectivity index is 1.67. The highest BCUT2D eigenvalue weighted by molar-refractivity contribution is 7.91.